The molecule has 0 radical (unpaired) electrons. The van der Waals surface area contributed by atoms with Gasteiger partial charge in [-0.05, 0) is 12.1 Å². The lowest BCUT2D eigenvalue weighted by molar-refractivity contribution is -0.123. The molecular formula is C16H19NO4. The molecule has 0 fully saturated rings. The molecule has 2 rings (SSSR count). The Hall–Kier alpha value is -2.30. The van der Waals surface area contributed by atoms with Crippen molar-refractivity contribution >= 4 is 16.7 Å². The minimum atomic E-state index is -0.189. The second-order valence-electron chi connectivity index (χ2n) is 5.17. The van der Waals surface area contributed by atoms with Crippen molar-refractivity contribution < 1.29 is 14.3 Å². The number of ether oxygens (including phenoxy) is 2. The van der Waals surface area contributed by atoms with Gasteiger partial charge >= 0.3 is 0 Å². The van der Waals surface area contributed by atoms with E-state index in [9.17, 15) is 9.59 Å². The van der Waals surface area contributed by atoms with Crippen LogP contribution in [0.1, 0.15) is 13.8 Å². The van der Waals surface area contributed by atoms with Crippen molar-refractivity contribution in [3.05, 3.63) is 34.6 Å². The topological polar surface area (TPSA) is 57.5 Å². The van der Waals surface area contributed by atoms with E-state index in [1.54, 1.807) is 13.1 Å². The van der Waals surface area contributed by atoms with Crippen LogP contribution in [-0.2, 0) is 11.8 Å². The van der Waals surface area contributed by atoms with Crippen molar-refractivity contribution in [2.75, 3.05) is 13.7 Å². The van der Waals surface area contributed by atoms with Crippen molar-refractivity contribution in [3.8, 4) is 11.5 Å². The molecule has 1 aromatic carbocycles. The zero-order valence-corrected chi connectivity index (χ0v) is 12.7. The molecule has 0 spiro atoms. The Morgan fingerprint density at radius 3 is 2.62 bits per heavy atom. The van der Waals surface area contributed by atoms with Crippen molar-refractivity contribution in [2.24, 2.45) is 13.0 Å². The molecule has 112 valence electrons. The van der Waals surface area contributed by atoms with Crippen molar-refractivity contribution in [1.82, 2.24) is 4.57 Å². The molecule has 0 saturated heterocycles. The maximum absolute atomic E-state index is 12.0. The van der Waals surface area contributed by atoms with Gasteiger partial charge in [-0.3, -0.25) is 9.59 Å². The molecule has 5 heteroatoms. The lowest BCUT2D eigenvalue weighted by Gasteiger charge is -2.14. The Morgan fingerprint density at radius 2 is 2.00 bits per heavy atom. The van der Waals surface area contributed by atoms with Crippen LogP contribution in [0.4, 0.5) is 0 Å². The maximum atomic E-state index is 12.0. The Bertz CT molecular complexity index is 731. The van der Waals surface area contributed by atoms with Crippen LogP contribution in [0.5, 0.6) is 11.5 Å². The largest absolute Gasteiger partial charge is 0.496 e. The van der Waals surface area contributed by atoms with Crippen LogP contribution in [0.15, 0.2) is 29.1 Å². The average Bonchev–Trinajstić information content (AvgIpc) is 2.47. The molecule has 2 aromatic rings. The second kappa shape index (κ2) is 5.99. The highest BCUT2D eigenvalue weighted by molar-refractivity contribution is 5.90. The van der Waals surface area contributed by atoms with E-state index >= 15 is 0 Å². The third kappa shape index (κ3) is 2.91. The molecule has 0 aliphatic carbocycles. The molecule has 0 amide bonds. The molecule has 0 saturated carbocycles. The summed E-state index contributed by atoms with van der Waals surface area (Å²) in [4.78, 5) is 23.7. The number of pyridine rings is 1. The number of rotatable bonds is 5. The molecule has 1 aromatic heterocycles. The van der Waals surface area contributed by atoms with Crippen LogP contribution < -0.4 is 15.0 Å². The summed E-state index contributed by atoms with van der Waals surface area (Å²) in [5, 5.41) is 0.772. The zero-order valence-electron chi connectivity index (χ0n) is 12.7. The van der Waals surface area contributed by atoms with Crippen LogP contribution in [0.3, 0.4) is 0 Å². The Labute approximate surface area is 123 Å². The highest BCUT2D eigenvalue weighted by Gasteiger charge is 2.14. The van der Waals surface area contributed by atoms with Crippen molar-refractivity contribution in [2.45, 2.75) is 13.8 Å². The highest BCUT2D eigenvalue weighted by Crippen LogP contribution is 2.30. The lowest BCUT2D eigenvalue weighted by atomic mass is 10.1. The van der Waals surface area contributed by atoms with Crippen LogP contribution in [-0.4, -0.2) is 24.1 Å². The van der Waals surface area contributed by atoms with Crippen LogP contribution in [0.25, 0.3) is 10.9 Å². The summed E-state index contributed by atoms with van der Waals surface area (Å²) in [6, 6.07) is 6.84. The van der Waals surface area contributed by atoms with E-state index in [1.165, 1.54) is 17.7 Å². The fraction of sp³-hybridized carbons (Fsp3) is 0.375. The molecular weight excluding hydrogens is 270 g/mol. The van der Waals surface area contributed by atoms with E-state index in [4.69, 9.17) is 9.47 Å². The summed E-state index contributed by atoms with van der Waals surface area (Å²) in [5.74, 6) is 0.923. The number of ketones is 1. The number of fused-ring (bicyclic) bond motifs is 1. The second-order valence-corrected chi connectivity index (χ2v) is 5.17. The van der Waals surface area contributed by atoms with E-state index in [0.29, 0.717) is 17.0 Å². The van der Waals surface area contributed by atoms with E-state index < -0.39 is 0 Å². The van der Waals surface area contributed by atoms with Crippen LogP contribution in [0, 0.1) is 5.92 Å². The normalized spacial score (nSPS) is 10.9. The number of aromatic nitrogens is 1. The van der Waals surface area contributed by atoms with E-state index in [1.807, 2.05) is 26.0 Å². The van der Waals surface area contributed by atoms with Crippen LogP contribution >= 0.6 is 0 Å². The molecule has 0 aliphatic rings. The molecule has 21 heavy (non-hydrogen) atoms. The maximum Gasteiger partial charge on any atom is 0.254 e. The number of aryl methyl sites for hydroxylation is 1. The van der Waals surface area contributed by atoms with Gasteiger partial charge in [0.1, 0.15) is 18.1 Å². The quantitative estimate of drug-likeness (QED) is 0.846. The van der Waals surface area contributed by atoms with Gasteiger partial charge in [0.15, 0.2) is 5.78 Å². The number of hydrogen-bond donors (Lipinski definition) is 0. The van der Waals surface area contributed by atoms with Gasteiger partial charge in [0, 0.05) is 24.4 Å². The standard InChI is InChI=1S/C16H19NO4/c1-10(2)12(18)9-21-13-7-5-6-11-14(20-4)8-15(19)17(3)16(11)13/h5-8,10H,9H2,1-4H3. The first kappa shape index (κ1) is 15.1. The summed E-state index contributed by atoms with van der Waals surface area (Å²) in [7, 11) is 3.19. The van der Waals surface area contributed by atoms with Gasteiger partial charge in [-0.25, -0.2) is 0 Å². The summed E-state index contributed by atoms with van der Waals surface area (Å²) in [5.41, 5.74) is 0.434. The summed E-state index contributed by atoms with van der Waals surface area (Å²) < 4.78 is 12.4. The fourth-order valence-corrected chi connectivity index (χ4v) is 2.06. The van der Waals surface area contributed by atoms with E-state index in [-0.39, 0.29) is 23.9 Å². The summed E-state index contributed by atoms with van der Waals surface area (Å²) in [6.45, 7) is 3.64. The summed E-state index contributed by atoms with van der Waals surface area (Å²) in [6.07, 6.45) is 0. The van der Waals surface area contributed by atoms with Gasteiger partial charge in [0.2, 0.25) is 0 Å². The zero-order chi connectivity index (χ0) is 15.6. The predicted molar refractivity (Wildman–Crippen MR) is 81.1 cm³/mol. The van der Waals surface area contributed by atoms with Crippen molar-refractivity contribution in [3.63, 3.8) is 0 Å². The average molecular weight is 289 g/mol. The molecule has 0 bridgehead atoms. The number of methoxy groups -OCH3 is 1. The number of benzene rings is 1. The monoisotopic (exact) mass is 289 g/mol. The number of para-hydroxylation sites is 1. The summed E-state index contributed by atoms with van der Waals surface area (Å²) >= 11 is 0. The highest BCUT2D eigenvalue weighted by atomic mass is 16.5. The fourth-order valence-electron chi connectivity index (χ4n) is 2.06. The Balaban J connectivity index is 2.52. The number of Topliss-reactive ketones (excluding diaryl/α,β-unsaturated/α-hetero) is 1. The molecule has 0 atom stereocenters. The molecule has 0 unspecified atom stereocenters. The number of hydrogen-bond acceptors (Lipinski definition) is 4. The first-order chi connectivity index (χ1) is 9.95. The van der Waals surface area contributed by atoms with Gasteiger partial charge in [-0.2, -0.15) is 0 Å². The third-order valence-corrected chi connectivity index (χ3v) is 3.42. The first-order valence-electron chi connectivity index (χ1n) is 6.78. The molecule has 1 heterocycles. The minimum absolute atomic E-state index is 0.0117. The first-order valence-corrected chi connectivity index (χ1v) is 6.78. The van der Waals surface area contributed by atoms with Crippen LogP contribution in [0.2, 0.25) is 0 Å². The SMILES string of the molecule is COc1cc(=O)n(C)c2c(OCC(=O)C(C)C)cccc12. The number of nitrogens with zero attached hydrogens (tertiary/aromatic N) is 1. The van der Waals surface area contributed by atoms with Gasteiger partial charge in [0.25, 0.3) is 5.56 Å². The van der Waals surface area contributed by atoms with Crippen molar-refractivity contribution in [1.29, 1.82) is 0 Å². The molecule has 0 aliphatic heterocycles. The molecule has 5 nitrogen and oxygen atoms in total. The number of carbonyl (C=O) groups is 1. The van der Waals surface area contributed by atoms with E-state index in [2.05, 4.69) is 0 Å². The van der Waals surface area contributed by atoms with E-state index in [0.717, 1.165) is 5.39 Å². The smallest absolute Gasteiger partial charge is 0.254 e. The number of carbonyl (C=O) groups excluding carboxylic acids is 1. The Kier molecular flexibility index (Phi) is 4.31. The predicted octanol–water partition coefficient (Wildman–Crippen LogP) is 2.15. The Morgan fingerprint density at radius 1 is 1.29 bits per heavy atom. The minimum Gasteiger partial charge on any atom is -0.496 e. The van der Waals surface area contributed by atoms with Gasteiger partial charge in [0.05, 0.1) is 12.6 Å². The lowest BCUT2D eigenvalue weighted by Crippen LogP contribution is -2.19. The molecule has 0 N–H and O–H groups in total. The van der Waals surface area contributed by atoms with Gasteiger partial charge < -0.3 is 14.0 Å². The third-order valence-electron chi connectivity index (χ3n) is 3.42. The van der Waals surface area contributed by atoms with Gasteiger partial charge in [-0.15, -0.1) is 0 Å². The van der Waals surface area contributed by atoms with Gasteiger partial charge in [-0.1, -0.05) is 19.9 Å².